The number of nitrogens with one attached hydrogen (secondary N) is 2. The van der Waals surface area contributed by atoms with E-state index < -0.39 is 11.9 Å². The van der Waals surface area contributed by atoms with E-state index in [2.05, 4.69) is 33.2 Å². The number of hydrogen-bond acceptors (Lipinski definition) is 2. The van der Waals surface area contributed by atoms with Gasteiger partial charge in [-0.15, -0.1) is 11.6 Å². The van der Waals surface area contributed by atoms with E-state index in [1.165, 1.54) is 0 Å². The topological polar surface area (TPSA) is 58.2 Å². The normalized spacial score (nSPS) is 9.62. The van der Waals surface area contributed by atoms with Crippen LogP contribution in [0.5, 0.6) is 0 Å². The number of alkyl halides is 1. The molecule has 3 amide bonds. The first kappa shape index (κ1) is 13.2. The zero-order valence-corrected chi connectivity index (χ0v) is 11.2. The average molecular weight is 353 g/mol. The minimum atomic E-state index is -0.544. The Morgan fingerprint density at radius 1 is 1.38 bits per heavy atom. The van der Waals surface area contributed by atoms with Gasteiger partial charge in [0.2, 0.25) is 5.91 Å². The maximum atomic E-state index is 11.3. The summed E-state index contributed by atoms with van der Waals surface area (Å²) < 4.78 is 1.00. The molecule has 1 aromatic rings. The van der Waals surface area contributed by atoms with Crippen LogP contribution >= 0.6 is 34.2 Å². The Kier molecular flexibility index (Phi) is 5.54. The largest absolute Gasteiger partial charge is 0.325 e. The first-order chi connectivity index (χ1) is 7.61. The fourth-order valence-corrected chi connectivity index (χ4v) is 1.72. The Morgan fingerprint density at radius 2 is 2.12 bits per heavy atom. The zero-order valence-electron chi connectivity index (χ0n) is 8.30. The highest BCUT2D eigenvalue weighted by Gasteiger charge is 2.06. The predicted molar refractivity (Wildman–Crippen MR) is 71.7 cm³/mol. The summed E-state index contributed by atoms with van der Waals surface area (Å²) in [6, 6.07) is 6.72. The monoisotopic (exact) mass is 352 g/mol. The lowest BCUT2D eigenvalue weighted by Crippen LogP contribution is -2.34. The predicted octanol–water partition coefficient (Wildman–Crippen LogP) is 2.57. The van der Waals surface area contributed by atoms with Crippen LogP contribution in [0.4, 0.5) is 10.5 Å². The van der Waals surface area contributed by atoms with Gasteiger partial charge in [0, 0.05) is 21.6 Å². The van der Waals surface area contributed by atoms with Crippen molar-refractivity contribution in [3.8, 4) is 0 Å². The number of amides is 3. The fraction of sp³-hybridized carbons (Fsp3) is 0.200. The molecular weight excluding hydrogens is 342 g/mol. The molecule has 0 saturated heterocycles. The minimum absolute atomic E-state index is 0.126. The molecule has 1 rings (SSSR count). The van der Waals surface area contributed by atoms with E-state index in [1.54, 1.807) is 12.1 Å². The molecule has 86 valence electrons. The van der Waals surface area contributed by atoms with Gasteiger partial charge in [0.05, 0.1) is 0 Å². The molecule has 6 heteroatoms. The van der Waals surface area contributed by atoms with Gasteiger partial charge in [-0.25, -0.2) is 4.79 Å². The number of imide groups is 1. The Balaban J connectivity index is 2.48. The second-order valence-corrected chi connectivity index (χ2v) is 4.58. The summed E-state index contributed by atoms with van der Waals surface area (Å²) in [6.07, 6.45) is 0.126. The summed E-state index contributed by atoms with van der Waals surface area (Å²) in [5.74, 6) is -0.194. The molecule has 0 saturated carbocycles. The number of hydrogen-bond donors (Lipinski definition) is 2. The van der Waals surface area contributed by atoms with E-state index in [0.717, 1.165) is 3.57 Å². The number of urea groups is 1. The van der Waals surface area contributed by atoms with Gasteiger partial charge in [0.25, 0.3) is 0 Å². The van der Waals surface area contributed by atoms with Crippen LogP contribution in [-0.4, -0.2) is 17.8 Å². The molecule has 0 unspecified atom stereocenters. The van der Waals surface area contributed by atoms with Crippen molar-refractivity contribution < 1.29 is 9.59 Å². The summed E-state index contributed by atoms with van der Waals surface area (Å²) in [4.78, 5) is 22.4. The van der Waals surface area contributed by atoms with Gasteiger partial charge in [-0.05, 0) is 40.8 Å². The van der Waals surface area contributed by atoms with Crippen LogP contribution in [0.3, 0.4) is 0 Å². The Hall–Kier alpha value is -0.820. The Bertz CT molecular complexity index is 398. The number of benzene rings is 1. The number of rotatable bonds is 3. The van der Waals surface area contributed by atoms with Gasteiger partial charge in [-0.3, -0.25) is 10.1 Å². The smallest absolute Gasteiger partial charge is 0.308 e. The fourth-order valence-electron chi connectivity index (χ4n) is 1.00. The highest BCUT2D eigenvalue weighted by atomic mass is 127. The number of halogens is 2. The third-order valence-electron chi connectivity index (χ3n) is 1.66. The van der Waals surface area contributed by atoms with Gasteiger partial charge >= 0.3 is 6.03 Å². The maximum absolute atomic E-state index is 11.3. The molecule has 0 aliphatic rings. The van der Waals surface area contributed by atoms with E-state index in [0.29, 0.717) is 5.69 Å². The molecule has 0 spiro atoms. The first-order valence-corrected chi connectivity index (χ1v) is 6.15. The lowest BCUT2D eigenvalue weighted by Gasteiger charge is -2.06. The summed E-state index contributed by atoms with van der Waals surface area (Å²) >= 11 is 7.50. The SMILES string of the molecule is O=C(CCCl)NC(=O)Nc1cccc(I)c1. The lowest BCUT2D eigenvalue weighted by molar-refractivity contribution is -0.119. The van der Waals surface area contributed by atoms with Crippen LogP contribution in [0.25, 0.3) is 0 Å². The van der Waals surface area contributed by atoms with Gasteiger partial charge < -0.3 is 5.32 Å². The van der Waals surface area contributed by atoms with E-state index >= 15 is 0 Å². The molecule has 0 radical (unpaired) electrons. The second-order valence-electron chi connectivity index (χ2n) is 2.95. The molecule has 0 heterocycles. The molecule has 0 fully saturated rings. The van der Waals surface area contributed by atoms with Crippen LogP contribution in [0, 0.1) is 3.57 Å². The van der Waals surface area contributed by atoms with Crippen molar-refractivity contribution in [2.75, 3.05) is 11.2 Å². The van der Waals surface area contributed by atoms with Crippen LogP contribution in [0.15, 0.2) is 24.3 Å². The standard InChI is InChI=1S/C10H10ClIN2O2/c11-5-4-9(15)14-10(16)13-8-3-1-2-7(12)6-8/h1-3,6H,4-5H2,(H2,13,14,15,16). The number of anilines is 1. The van der Waals surface area contributed by atoms with Crippen LogP contribution in [0.2, 0.25) is 0 Å². The van der Waals surface area contributed by atoms with Crippen molar-refractivity contribution in [2.45, 2.75) is 6.42 Å². The Morgan fingerprint density at radius 3 is 2.75 bits per heavy atom. The maximum Gasteiger partial charge on any atom is 0.325 e. The summed E-state index contributed by atoms with van der Waals surface area (Å²) in [5.41, 5.74) is 0.642. The molecule has 2 N–H and O–H groups in total. The first-order valence-electron chi connectivity index (χ1n) is 4.54. The molecule has 16 heavy (non-hydrogen) atoms. The highest BCUT2D eigenvalue weighted by molar-refractivity contribution is 14.1. The second kappa shape index (κ2) is 6.70. The van der Waals surface area contributed by atoms with Crippen LogP contribution in [0.1, 0.15) is 6.42 Å². The highest BCUT2D eigenvalue weighted by Crippen LogP contribution is 2.11. The van der Waals surface area contributed by atoms with Crippen molar-refractivity contribution in [1.29, 1.82) is 0 Å². The number of carbonyl (C=O) groups excluding carboxylic acids is 2. The molecule has 0 aromatic heterocycles. The van der Waals surface area contributed by atoms with Crippen molar-refractivity contribution in [3.63, 3.8) is 0 Å². The third kappa shape index (κ3) is 4.80. The van der Waals surface area contributed by atoms with Gasteiger partial charge in [-0.1, -0.05) is 6.07 Å². The van der Waals surface area contributed by atoms with Crippen LogP contribution in [-0.2, 0) is 4.79 Å². The summed E-state index contributed by atoms with van der Waals surface area (Å²) in [5, 5.41) is 4.73. The van der Waals surface area contributed by atoms with E-state index in [1.807, 2.05) is 12.1 Å². The quantitative estimate of drug-likeness (QED) is 0.649. The van der Waals surface area contributed by atoms with Crippen LogP contribution < -0.4 is 10.6 Å². The van der Waals surface area contributed by atoms with E-state index in [9.17, 15) is 9.59 Å². The number of carbonyl (C=O) groups is 2. The zero-order chi connectivity index (χ0) is 12.0. The molecule has 0 bridgehead atoms. The molecule has 0 atom stereocenters. The van der Waals surface area contributed by atoms with Crippen molar-refractivity contribution in [2.24, 2.45) is 0 Å². The Labute approximate surface area is 112 Å². The molecule has 4 nitrogen and oxygen atoms in total. The third-order valence-corrected chi connectivity index (χ3v) is 2.52. The van der Waals surface area contributed by atoms with Gasteiger partial charge in [0.15, 0.2) is 0 Å². The summed E-state index contributed by atoms with van der Waals surface area (Å²) in [7, 11) is 0. The van der Waals surface area contributed by atoms with Gasteiger partial charge in [-0.2, -0.15) is 0 Å². The average Bonchev–Trinajstić information content (AvgIpc) is 2.17. The molecule has 1 aromatic carbocycles. The van der Waals surface area contributed by atoms with Crippen molar-refractivity contribution >= 4 is 51.8 Å². The van der Waals surface area contributed by atoms with Gasteiger partial charge in [0.1, 0.15) is 0 Å². The molecule has 0 aliphatic carbocycles. The van der Waals surface area contributed by atoms with Crippen molar-refractivity contribution in [1.82, 2.24) is 5.32 Å². The van der Waals surface area contributed by atoms with E-state index in [4.69, 9.17) is 11.6 Å². The molecule has 0 aliphatic heterocycles. The lowest BCUT2D eigenvalue weighted by atomic mass is 10.3. The van der Waals surface area contributed by atoms with E-state index in [-0.39, 0.29) is 12.3 Å². The summed E-state index contributed by atoms with van der Waals surface area (Å²) in [6.45, 7) is 0. The van der Waals surface area contributed by atoms with Crippen molar-refractivity contribution in [3.05, 3.63) is 27.8 Å². The minimum Gasteiger partial charge on any atom is -0.308 e. The molecular formula is C10H10ClIN2O2.